The van der Waals surface area contributed by atoms with Crippen LogP contribution >= 0.6 is 0 Å². The van der Waals surface area contributed by atoms with Gasteiger partial charge in [0.2, 0.25) is 0 Å². The fourth-order valence-corrected chi connectivity index (χ4v) is 2.23. The highest BCUT2D eigenvalue weighted by molar-refractivity contribution is 5.88. The van der Waals surface area contributed by atoms with Gasteiger partial charge in [-0.1, -0.05) is 0 Å². The van der Waals surface area contributed by atoms with Gasteiger partial charge in [-0.2, -0.15) is 5.10 Å². The third kappa shape index (κ3) is 2.68. The number of rotatable bonds is 2. The van der Waals surface area contributed by atoms with Crippen molar-refractivity contribution in [2.45, 2.75) is 33.2 Å². The summed E-state index contributed by atoms with van der Waals surface area (Å²) in [6, 6.07) is -0.752. The first-order valence-electron chi connectivity index (χ1n) is 6.38. The first-order chi connectivity index (χ1) is 9.40. The summed E-state index contributed by atoms with van der Waals surface area (Å²) in [5, 5.41) is 19.3. The van der Waals surface area contributed by atoms with E-state index >= 15 is 0 Å². The lowest BCUT2D eigenvalue weighted by atomic mass is 10.0. The molecular formula is C12H17N5O3. The van der Waals surface area contributed by atoms with Gasteiger partial charge in [0.05, 0.1) is 17.3 Å². The number of hydrogen-bond acceptors (Lipinski definition) is 5. The van der Waals surface area contributed by atoms with Crippen LogP contribution in [0.15, 0.2) is 0 Å². The van der Waals surface area contributed by atoms with E-state index in [9.17, 15) is 9.59 Å². The second kappa shape index (κ2) is 5.40. The van der Waals surface area contributed by atoms with Crippen LogP contribution in [0.1, 0.15) is 24.7 Å². The van der Waals surface area contributed by atoms with Crippen molar-refractivity contribution >= 4 is 17.9 Å². The number of likely N-dealkylation sites (tertiary alicyclic amines) is 1. The summed E-state index contributed by atoms with van der Waals surface area (Å²) in [6.07, 6.45) is 0.454. The molecule has 1 fully saturated rings. The molecule has 20 heavy (non-hydrogen) atoms. The average molecular weight is 279 g/mol. The summed E-state index contributed by atoms with van der Waals surface area (Å²) in [5.41, 5.74) is 1.39. The van der Waals surface area contributed by atoms with Crippen LogP contribution in [-0.4, -0.2) is 49.8 Å². The molecule has 2 amide bonds. The second-order valence-corrected chi connectivity index (χ2v) is 4.90. The number of nitrogens with zero attached hydrogens (tertiary/aromatic N) is 4. The minimum Gasteiger partial charge on any atom is -0.481 e. The number of aryl methyl sites for hydroxylation is 2. The minimum atomic E-state index is -0.878. The maximum absolute atomic E-state index is 12.1. The van der Waals surface area contributed by atoms with Gasteiger partial charge in [0.25, 0.3) is 5.95 Å². The molecular weight excluding hydrogens is 262 g/mol. The molecule has 1 aliphatic heterocycles. The number of amides is 2. The summed E-state index contributed by atoms with van der Waals surface area (Å²) in [6.45, 7) is 5.69. The normalized spacial score (nSPS) is 21.9. The minimum absolute atomic E-state index is 0.129. The van der Waals surface area contributed by atoms with Crippen LogP contribution in [0.3, 0.4) is 0 Å². The van der Waals surface area contributed by atoms with Crippen molar-refractivity contribution in [1.82, 2.24) is 20.1 Å². The number of aromatic nitrogens is 3. The van der Waals surface area contributed by atoms with E-state index in [1.165, 1.54) is 4.90 Å². The monoisotopic (exact) mass is 279 g/mol. The van der Waals surface area contributed by atoms with Crippen molar-refractivity contribution < 1.29 is 14.7 Å². The zero-order valence-corrected chi connectivity index (χ0v) is 11.6. The molecule has 1 saturated heterocycles. The average Bonchev–Trinajstić information content (AvgIpc) is 2.76. The van der Waals surface area contributed by atoms with Gasteiger partial charge in [0, 0.05) is 12.6 Å². The molecule has 1 aliphatic rings. The van der Waals surface area contributed by atoms with Gasteiger partial charge in [-0.3, -0.25) is 10.1 Å². The molecule has 0 bridgehead atoms. The SMILES string of the molecule is Cc1nnc(NC(=O)N2CCC(C(=O)O)C2C)nc1C. The number of carbonyl (C=O) groups excluding carboxylic acids is 1. The van der Waals surface area contributed by atoms with E-state index in [1.54, 1.807) is 20.8 Å². The summed E-state index contributed by atoms with van der Waals surface area (Å²) in [7, 11) is 0. The molecule has 108 valence electrons. The summed E-state index contributed by atoms with van der Waals surface area (Å²) < 4.78 is 0. The smallest absolute Gasteiger partial charge is 0.324 e. The highest BCUT2D eigenvalue weighted by Crippen LogP contribution is 2.24. The van der Waals surface area contributed by atoms with Crippen LogP contribution in [0.2, 0.25) is 0 Å². The predicted molar refractivity (Wildman–Crippen MR) is 70.2 cm³/mol. The predicted octanol–water partition coefficient (Wildman–Crippen LogP) is 0.815. The maximum atomic E-state index is 12.1. The topological polar surface area (TPSA) is 108 Å². The molecule has 8 nitrogen and oxygen atoms in total. The van der Waals surface area contributed by atoms with Crippen LogP contribution in [0, 0.1) is 19.8 Å². The molecule has 8 heteroatoms. The van der Waals surface area contributed by atoms with Crippen LogP contribution < -0.4 is 5.32 Å². The van der Waals surface area contributed by atoms with Gasteiger partial charge in [0.15, 0.2) is 0 Å². The van der Waals surface area contributed by atoms with E-state index in [2.05, 4.69) is 20.5 Å². The lowest BCUT2D eigenvalue weighted by molar-refractivity contribution is -0.142. The highest BCUT2D eigenvalue weighted by Gasteiger charge is 2.38. The van der Waals surface area contributed by atoms with Crippen LogP contribution in [-0.2, 0) is 4.79 Å². The van der Waals surface area contributed by atoms with Crippen molar-refractivity contribution in [3.8, 4) is 0 Å². The molecule has 2 N–H and O–H groups in total. The van der Waals surface area contributed by atoms with E-state index in [4.69, 9.17) is 5.11 Å². The van der Waals surface area contributed by atoms with Crippen LogP contribution in [0.4, 0.5) is 10.7 Å². The number of carboxylic acid groups (broad SMARTS) is 1. The van der Waals surface area contributed by atoms with Crippen LogP contribution in [0.25, 0.3) is 0 Å². The van der Waals surface area contributed by atoms with E-state index in [-0.39, 0.29) is 12.0 Å². The second-order valence-electron chi connectivity index (χ2n) is 4.90. The Bertz CT molecular complexity index is 548. The molecule has 2 heterocycles. The third-order valence-corrected chi connectivity index (χ3v) is 3.64. The summed E-state index contributed by atoms with van der Waals surface area (Å²) in [5.74, 6) is -1.28. The van der Waals surface area contributed by atoms with Crippen molar-refractivity contribution in [3.05, 3.63) is 11.4 Å². The third-order valence-electron chi connectivity index (χ3n) is 3.64. The fourth-order valence-electron chi connectivity index (χ4n) is 2.23. The Morgan fingerprint density at radius 2 is 2.00 bits per heavy atom. The quantitative estimate of drug-likeness (QED) is 0.829. The molecule has 0 spiro atoms. The molecule has 2 unspecified atom stereocenters. The zero-order chi connectivity index (χ0) is 14.9. The van der Waals surface area contributed by atoms with Gasteiger partial charge < -0.3 is 10.0 Å². The number of carboxylic acids is 1. The van der Waals surface area contributed by atoms with E-state index < -0.39 is 17.9 Å². The van der Waals surface area contributed by atoms with Gasteiger partial charge in [-0.05, 0) is 27.2 Å². The maximum Gasteiger partial charge on any atom is 0.324 e. The number of hydrogen-bond donors (Lipinski definition) is 2. The van der Waals surface area contributed by atoms with E-state index in [1.807, 2.05) is 0 Å². The number of nitrogens with one attached hydrogen (secondary N) is 1. The standard InChI is InChI=1S/C12H17N5O3/c1-6-7(2)15-16-11(13-6)14-12(20)17-5-4-9(8(17)3)10(18)19/h8-9H,4-5H2,1-3H3,(H,18,19)(H,13,14,16,20). The van der Waals surface area contributed by atoms with Crippen molar-refractivity contribution in [2.75, 3.05) is 11.9 Å². The van der Waals surface area contributed by atoms with E-state index in [0.717, 1.165) is 0 Å². The molecule has 0 radical (unpaired) electrons. The number of anilines is 1. The lowest BCUT2D eigenvalue weighted by Crippen LogP contribution is -2.40. The van der Waals surface area contributed by atoms with Gasteiger partial charge in [-0.25, -0.2) is 9.78 Å². The van der Waals surface area contributed by atoms with Crippen LogP contribution in [0.5, 0.6) is 0 Å². The fraction of sp³-hybridized carbons (Fsp3) is 0.583. The summed E-state index contributed by atoms with van der Waals surface area (Å²) in [4.78, 5) is 28.7. The molecule has 1 aromatic heterocycles. The zero-order valence-electron chi connectivity index (χ0n) is 11.6. The Hall–Kier alpha value is -2.25. The molecule has 0 aliphatic carbocycles. The highest BCUT2D eigenvalue weighted by atomic mass is 16.4. The number of aliphatic carboxylic acids is 1. The first-order valence-corrected chi connectivity index (χ1v) is 6.38. The summed E-state index contributed by atoms with van der Waals surface area (Å²) >= 11 is 0. The lowest BCUT2D eigenvalue weighted by Gasteiger charge is -2.23. The first kappa shape index (κ1) is 14.2. The number of carbonyl (C=O) groups is 2. The molecule has 1 aromatic rings. The Morgan fingerprint density at radius 1 is 1.30 bits per heavy atom. The molecule has 0 aromatic carbocycles. The Morgan fingerprint density at radius 3 is 2.55 bits per heavy atom. The molecule has 2 atom stereocenters. The largest absolute Gasteiger partial charge is 0.481 e. The van der Waals surface area contributed by atoms with Crippen molar-refractivity contribution in [1.29, 1.82) is 0 Å². The van der Waals surface area contributed by atoms with Gasteiger partial charge in [-0.15, -0.1) is 5.10 Å². The van der Waals surface area contributed by atoms with Crippen molar-refractivity contribution in [2.24, 2.45) is 5.92 Å². The van der Waals surface area contributed by atoms with Gasteiger partial charge in [0.1, 0.15) is 0 Å². The van der Waals surface area contributed by atoms with Crippen molar-refractivity contribution in [3.63, 3.8) is 0 Å². The Balaban J connectivity index is 2.05. The molecule has 2 rings (SSSR count). The Labute approximate surface area is 116 Å². The van der Waals surface area contributed by atoms with E-state index in [0.29, 0.717) is 24.4 Å². The van der Waals surface area contributed by atoms with Gasteiger partial charge >= 0.3 is 12.0 Å². The molecule has 0 saturated carbocycles. The Kier molecular flexibility index (Phi) is 3.82. The number of urea groups is 1.